The summed E-state index contributed by atoms with van der Waals surface area (Å²) in [6.45, 7) is 1.73. The first-order chi connectivity index (χ1) is 8.49. The highest BCUT2D eigenvalue weighted by molar-refractivity contribution is 5.34. The summed E-state index contributed by atoms with van der Waals surface area (Å²) in [7, 11) is 0. The van der Waals surface area contributed by atoms with E-state index < -0.39 is 29.3 Å². The number of hydrogen-bond donors (Lipinski definition) is 0. The number of benzene rings is 1. The van der Waals surface area contributed by atoms with Crippen molar-refractivity contribution in [1.29, 1.82) is 0 Å². The molecule has 0 saturated heterocycles. The van der Waals surface area contributed by atoms with Gasteiger partial charge < -0.3 is 4.74 Å². The molecule has 94 valence electrons. The molecule has 18 heavy (non-hydrogen) atoms. The monoisotopic (exact) mass is 257 g/mol. The minimum Gasteiger partial charge on any atom is -0.451 e. The molecule has 0 atom stereocenters. The fourth-order valence-corrected chi connectivity index (χ4v) is 1.35. The van der Waals surface area contributed by atoms with Crippen LogP contribution in [0.2, 0.25) is 0 Å². The van der Waals surface area contributed by atoms with E-state index in [9.17, 15) is 17.6 Å². The summed E-state index contributed by atoms with van der Waals surface area (Å²) < 4.78 is 57.0. The summed E-state index contributed by atoms with van der Waals surface area (Å²) in [5.74, 6) is -7.93. The second-order valence-electron chi connectivity index (χ2n) is 3.57. The Morgan fingerprint density at radius 3 is 2.17 bits per heavy atom. The third-order valence-corrected chi connectivity index (χ3v) is 2.17. The molecule has 0 unspecified atom stereocenters. The molecule has 6 heteroatoms. The standard InChI is InChI=1S/C12H7F4NO/c1-6-3-2-4-7(5-6)18-10-8(13)11(15)17-12(16)9(10)14/h2-5H,1H3. The largest absolute Gasteiger partial charge is 0.451 e. The topological polar surface area (TPSA) is 22.1 Å². The summed E-state index contributed by atoms with van der Waals surface area (Å²) in [6, 6.07) is 6.18. The molecule has 0 saturated carbocycles. The summed E-state index contributed by atoms with van der Waals surface area (Å²) >= 11 is 0. The van der Waals surface area contributed by atoms with E-state index in [1.54, 1.807) is 19.1 Å². The number of aryl methyl sites for hydroxylation is 1. The van der Waals surface area contributed by atoms with Crippen molar-refractivity contribution < 1.29 is 22.3 Å². The molecule has 1 heterocycles. The lowest BCUT2D eigenvalue weighted by molar-refractivity contribution is 0.343. The Morgan fingerprint density at radius 1 is 1.00 bits per heavy atom. The van der Waals surface area contributed by atoms with Gasteiger partial charge >= 0.3 is 0 Å². The lowest BCUT2D eigenvalue weighted by Crippen LogP contribution is -2.03. The Kier molecular flexibility index (Phi) is 3.18. The van der Waals surface area contributed by atoms with Gasteiger partial charge in [0.15, 0.2) is 0 Å². The van der Waals surface area contributed by atoms with Gasteiger partial charge in [-0.15, -0.1) is 0 Å². The molecule has 1 aromatic heterocycles. The lowest BCUT2D eigenvalue weighted by atomic mass is 10.2. The molecule has 0 N–H and O–H groups in total. The summed E-state index contributed by atoms with van der Waals surface area (Å²) in [5.41, 5.74) is 0.767. The number of halogens is 4. The van der Waals surface area contributed by atoms with Crippen LogP contribution >= 0.6 is 0 Å². The minimum absolute atomic E-state index is 0.0674. The Bertz CT molecular complexity index is 575. The summed E-state index contributed by atoms with van der Waals surface area (Å²) in [4.78, 5) is 2.43. The first-order valence-electron chi connectivity index (χ1n) is 4.93. The van der Waals surface area contributed by atoms with Crippen molar-refractivity contribution in [3.8, 4) is 11.5 Å². The van der Waals surface area contributed by atoms with Gasteiger partial charge in [0.2, 0.25) is 17.4 Å². The maximum atomic E-state index is 13.3. The number of hydrogen-bond acceptors (Lipinski definition) is 2. The third kappa shape index (κ3) is 2.27. The van der Waals surface area contributed by atoms with E-state index in [0.29, 0.717) is 0 Å². The maximum Gasteiger partial charge on any atom is 0.255 e. The third-order valence-electron chi connectivity index (χ3n) is 2.17. The zero-order valence-corrected chi connectivity index (χ0v) is 9.18. The van der Waals surface area contributed by atoms with E-state index >= 15 is 0 Å². The second kappa shape index (κ2) is 4.64. The van der Waals surface area contributed by atoms with Gasteiger partial charge in [-0.3, -0.25) is 0 Å². The molecule has 1 aromatic carbocycles. The molecule has 0 amide bonds. The van der Waals surface area contributed by atoms with Crippen molar-refractivity contribution in [1.82, 2.24) is 4.98 Å². The average Bonchev–Trinajstić information content (AvgIpc) is 2.32. The van der Waals surface area contributed by atoms with Crippen molar-refractivity contribution in [2.45, 2.75) is 6.92 Å². The van der Waals surface area contributed by atoms with Crippen molar-refractivity contribution >= 4 is 0 Å². The first kappa shape index (κ1) is 12.3. The van der Waals surface area contributed by atoms with Gasteiger partial charge in [0.05, 0.1) is 0 Å². The smallest absolute Gasteiger partial charge is 0.255 e. The van der Waals surface area contributed by atoms with E-state index in [1.165, 1.54) is 12.1 Å². The van der Waals surface area contributed by atoms with Crippen molar-refractivity contribution in [3.63, 3.8) is 0 Å². The quantitative estimate of drug-likeness (QED) is 0.604. The van der Waals surface area contributed by atoms with Gasteiger partial charge in [0.1, 0.15) is 5.75 Å². The SMILES string of the molecule is Cc1cccc(Oc2c(F)c(F)nc(F)c2F)c1. The van der Waals surface area contributed by atoms with Gasteiger partial charge in [0, 0.05) is 0 Å². The van der Waals surface area contributed by atoms with Crippen LogP contribution in [0.25, 0.3) is 0 Å². The summed E-state index contributed by atoms with van der Waals surface area (Å²) in [5, 5.41) is 0. The van der Waals surface area contributed by atoms with Crippen molar-refractivity contribution in [2.24, 2.45) is 0 Å². The molecule has 0 fully saturated rings. The van der Waals surface area contributed by atoms with Crippen LogP contribution in [0.1, 0.15) is 5.56 Å². The normalized spacial score (nSPS) is 10.5. The Balaban J connectivity index is 2.46. The van der Waals surface area contributed by atoms with E-state index in [2.05, 4.69) is 4.98 Å². The Hall–Kier alpha value is -2.11. The number of ether oxygens (including phenoxy) is 1. The molecular formula is C12H7F4NO. The molecule has 0 bridgehead atoms. The van der Waals surface area contributed by atoms with Crippen LogP contribution in [-0.2, 0) is 0 Å². The lowest BCUT2D eigenvalue weighted by Gasteiger charge is -2.08. The predicted octanol–water partition coefficient (Wildman–Crippen LogP) is 3.74. The predicted molar refractivity (Wildman–Crippen MR) is 55.3 cm³/mol. The second-order valence-corrected chi connectivity index (χ2v) is 3.57. The van der Waals surface area contributed by atoms with E-state index in [4.69, 9.17) is 4.74 Å². The highest BCUT2D eigenvalue weighted by atomic mass is 19.2. The minimum atomic E-state index is -1.75. The molecule has 2 rings (SSSR count). The number of rotatable bonds is 2. The van der Waals surface area contributed by atoms with Crippen LogP contribution in [0.15, 0.2) is 24.3 Å². The van der Waals surface area contributed by atoms with Crippen LogP contribution in [-0.4, -0.2) is 4.98 Å². The highest BCUT2D eigenvalue weighted by Gasteiger charge is 2.22. The molecule has 0 spiro atoms. The van der Waals surface area contributed by atoms with Crippen LogP contribution in [0.3, 0.4) is 0 Å². The average molecular weight is 257 g/mol. The van der Waals surface area contributed by atoms with E-state index in [0.717, 1.165) is 5.56 Å². The van der Waals surface area contributed by atoms with Gasteiger partial charge in [-0.25, -0.2) is 0 Å². The van der Waals surface area contributed by atoms with Gasteiger partial charge in [-0.05, 0) is 24.6 Å². The number of pyridine rings is 1. The summed E-state index contributed by atoms with van der Waals surface area (Å²) in [6.07, 6.45) is 0. The van der Waals surface area contributed by atoms with Crippen LogP contribution < -0.4 is 4.74 Å². The molecule has 0 aliphatic heterocycles. The Labute approximate surface area is 99.8 Å². The van der Waals surface area contributed by atoms with Gasteiger partial charge in [0.25, 0.3) is 11.9 Å². The molecular weight excluding hydrogens is 250 g/mol. The van der Waals surface area contributed by atoms with Crippen LogP contribution in [0, 0.1) is 30.5 Å². The molecule has 0 aliphatic carbocycles. The fourth-order valence-electron chi connectivity index (χ4n) is 1.35. The molecule has 0 aliphatic rings. The van der Waals surface area contributed by atoms with Gasteiger partial charge in [-0.2, -0.15) is 22.5 Å². The first-order valence-corrected chi connectivity index (χ1v) is 4.93. The van der Waals surface area contributed by atoms with Gasteiger partial charge in [-0.1, -0.05) is 12.1 Å². The van der Waals surface area contributed by atoms with Crippen LogP contribution in [0.5, 0.6) is 11.5 Å². The zero-order valence-electron chi connectivity index (χ0n) is 9.18. The highest BCUT2D eigenvalue weighted by Crippen LogP contribution is 2.29. The van der Waals surface area contributed by atoms with Crippen molar-refractivity contribution in [2.75, 3.05) is 0 Å². The number of nitrogens with zero attached hydrogens (tertiary/aromatic N) is 1. The number of aromatic nitrogens is 1. The van der Waals surface area contributed by atoms with Crippen molar-refractivity contribution in [3.05, 3.63) is 53.4 Å². The molecule has 2 aromatic rings. The van der Waals surface area contributed by atoms with E-state index in [-0.39, 0.29) is 5.75 Å². The maximum absolute atomic E-state index is 13.3. The Morgan fingerprint density at radius 2 is 1.61 bits per heavy atom. The van der Waals surface area contributed by atoms with E-state index in [1.807, 2.05) is 0 Å². The molecule has 0 radical (unpaired) electrons. The zero-order chi connectivity index (χ0) is 13.3. The fraction of sp³-hybridized carbons (Fsp3) is 0.0833. The molecule has 2 nitrogen and oxygen atoms in total. The van der Waals surface area contributed by atoms with Crippen LogP contribution in [0.4, 0.5) is 17.6 Å².